The van der Waals surface area contributed by atoms with Gasteiger partial charge in [-0.2, -0.15) is 0 Å². The SMILES string of the molecule is COC(C)C1(C(C)C)CCC1. The van der Waals surface area contributed by atoms with Gasteiger partial charge in [-0.15, -0.1) is 0 Å². The molecule has 0 aromatic carbocycles. The van der Waals surface area contributed by atoms with Crippen LogP contribution in [0.25, 0.3) is 0 Å². The molecule has 1 aliphatic rings. The number of hydrogen-bond donors (Lipinski definition) is 0. The topological polar surface area (TPSA) is 9.23 Å². The smallest absolute Gasteiger partial charge is 0.0601 e. The van der Waals surface area contributed by atoms with E-state index in [2.05, 4.69) is 20.8 Å². The molecule has 66 valence electrons. The second-order valence-corrected chi connectivity index (χ2v) is 4.12. The third-order valence-electron chi connectivity index (χ3n) is 3.60. The van der Waals surface area contributed by atoms with Crippen molar-refractivity contribution in [1.29, 1.82) is 0 Å². The van der Waals surface area contributed by atoms with Crippen LogP contribution < -0.4 is 0 Å². The first-order valence-corrected chi connectivity index (χ1v) is 4.66. The molecule has 0 bridgehead atoms. The Kier molecular flexibility index (Phi) is 2.58. The van der Waals surface area contributed by atoms with E-state index in [9.17, 15) is 0 Å². The van der Waals surface area contributed by atoms with Gasteiger partial charge >= 0.3 is 0 Å². The summed E-state index contributed by atoms with van der Waals surface area (Å²) in [5.74, 6) is 0.770. The summed E-state index contributed by atoms with van der Waals surface area (Å²) in [6.45, 7) is 6.84. The zero-order chi connectivity index (χ0) is 8.48. The lowest BCUT2D eigenvalue weighted by Crippen LogP contribution is -2.44. The van der Waals surface area contributed by atoms with E-state index in [0.29, 0.717) is 11.5 Å². The lowest BCUT2D eigenvalue weighted by atomic mass is 9.59. The Balaban J connectivity index is 2.59. The van der Waals surface area contributed by atoms with Gasteiger partial charge in [-0.1, -0.05) is 20.3 Å². The maximum Gasteiger partial charge on any atom is 0.0601 e. The normalized spacial score (nSPS) is 24.8. The van der Waals surface area contributed by atoms with Gasteiger partial charge < -0.3 is 4.74 Å². The average molecular weight is 156 g/mol. The van der Waals surface area contributed by atoms with Crippen LogP contribution in [0.3, 0.4) is 0 Å². The van der Waals surface area contributed by atoms with E-state index >= 15 is 0 Å². The van der Waals surface area contributed by atoms with Crippen molar-refractivity contribution in [3.8, 4) is 0 Å². The number of methoxy groups -OCH3 is 1. The molecular formula is C10H20O. The number of ether oxygens (including phenoxy) is 1. The summed E-state index contributed by atoms with van der Waals surface area (Å²) in [7, 11) is 1.83. The highest BCUT2D eigenvalue weighted by Crippen LogP contribution is 2.50. The van der Waals surface area contributed by atoms with E-state index in [1.807, 2.05) is 7.11 Å². The first kappa shape index (κ1) is 9.05. The van der Waals surface area contributed by atoms with Gasteiger partial charge in [0.15, 0.2) is 0 Å². The van der Waals surface area contributed by atoms with Gasteiger partial charge in [-0.25, -0.2) is 0 Å². The minimum atomic E-state index is 0.441. The summed E-state index contributed by atoms with van der Waals surface area (Å²) in [5.41, 5.74) is 0.509. The Morgan fingerprint density at radius 1 is 1.18 bits per heavy atom. The van der Waals surface area contributed by atoms with E-state index in [0.717, 1.165) is 5.92 Å². The van der Waals surface area contributed by atoms with Crippen molar-refractivity contribution in [2.75, 3.05) is 7.11 Å². The Hall–Kier alpha value is -0.0400. The van der Waals surface area contributed by atoms with Crippen LogP contribution in [0.15, 0.2) is 0 Å². The number of hydrogen-bond acceptors (Lipinski definition) is 1. The van der Waals surface area contributed by atoms with Crippen LogP contribution in [0.5, 0.6) is 0 Å². The minimum absolute atomic E-state index is 0.441. The Labute approximate surface area is 70.1 Å². The fourth-order valence-electron chi connectivity index (χ4n) is 2.27. The fourth-order valence-corrected chi connectivity index (χ4v) is 2.27. The Morgan fingerprint density at radius 3 is 1.82 bits per heavy atom. The number of rotatable bonds is 3. The lowest BCUT2D eigenvalue weighted by Gasteiger charge is -2.49. The molecule has 1 atom stereocenters. The highest BCUT2D eigenvalue weighted by Gasteiger charge is 2.44. The third-order valence-corrected chi connectivity index (χ3v) is 3.60. The van der Waals surface area contributed by atoms with Crippen molar-refractivity contribution in [3.63, 3.8) is 0 Å². The molecule has 1 rings (SSSR count). The molecule has 11 heavy (non-hydrogen) atoms. The van der Waals surface area contributed by atoms with Gasteiger partial charge in [0.1, 0.15) is 0 Å². The van der Waals surface area contributed by atoms with Crippen molar-refractivity contribution < 1.29 is 4.74 Å². The van der Waals surface area contributed by atoms with Gasteiger partial charge in [0, 0.05) is 7.11 Å². The molecule has 0 N–H and O–H groups in total. The van der Waals surface area contributed by atoms with Crippen LogP contribution in [0, 0.1) is 11.3 Å². The molecule has 0 radical (unpaired) electrons. The first-order valence-electron chi connectivity index (χ1n) is 4.66. The Bertz CT molecular complexity index is 125. The highest BCUT2D eigenvalue weighted by molar-refractivity contribution is 4.94. The van der Waals surface area contributed by atoms with E-state index < -0.39 is 0 Å². The maximum absolute atomic E-state index is 5.42. The molecule has 0 spiro atoms. The van der Waals surface area contributed by atoms with Crippen LogP contribution in [0.1, 0.15) is 40.0 Å². The third kappa shape index (κ3) is 1.31. The van der Waals surface area contributed by atoms with Gasteiger partial charge in [-0.05, 0) is 31.1 Å². The molecular weight excluding hydrogens is 136 g/mol. The van der Waals surface area contributed by atoms with Gasteiger partial charge in [0.2, 0.25) is 0 Å². The summed E-state index contributed by atoms with van der Waals surface area (Å²) in [5, 5.41) is 0. The summed E-state index contributed by atoms with van der Waals surface area (Å²) < 4.78 is 5.42. The lowest BCUT2D eigenvalue weighted by molar-refractivity contribution is -0.0803. The van der Waals surface area contributed by atoms with Crippen LogP contribution >= 0.6 is 0 Å². The van der Waals surface area contributed by atoms with Crippen molar-refractivity contribution in [1.82, 2.24) is 0 Å². The zero-order valence-corrected chi connectivity index (χ0v) is 8.18. The van der Waals surface area contributed by atoms with Crippen LogP contribution in [0.4, 0.5) is 0 Å². The molecule has 0 heterocycles. The minimum Gasteiger partial charge on any atom is -0.381 e. The van der Waals surface area contributed by atoms with Crippen LogP contribution in [-0.2, 0) is 4.74 Å². The van der Waals surface area contributed by atoms with Gasteiger partial charge in [-0.3, -0.25) is 0 Å². The quantitative estimate of drug-likeness (QED) is 0.610. The molecule has 1 nitrogen and oxygen atoms in total. The molecule has 1 aliphatic carbocycles. The van der Waals surface area contributed by atoms with Crippen molar-refractivity contribution in [2.24, 2.45) is 11.3 Å². The molecule has 0 aliphatic heterocycles. The molecule has 0 aromatic rings. The Morgan fingerprint density at radius 2 is 1.73 bits per heavy atom. The zero-order valence-electron chi connectivity index (χ0n) is 8.18. The van der Waals surface area contributed by atoms with Crippen molar-refractivity contribution >= 4 is 0 Å². The second kappa shape index (κ2) is 3.14. The van der Waals surface area contributed by atoms with Crippen molar-refractivity contribution in [2.45, 2.75) is 46.1 Å². The molecule has 1 heteroatoms. The summed E-state index contributed by atoms with van der Waals surface area (Å²) in [6.07, 6.45) is 4.56. The molecule has 0 saturated heterocycles. The predicted octanol–water partition coefficient (Wildman–Crippen LogP) is 2.85. The fraction of sp³-hybridized carbons (Fsp3) is 1.00. The van der Waals surface area contributed by atoms with Gasteiger partial charge in [0.05, 0.1) is 6.10 Å². The monoisotopic (exact) mass is 156 g/mol. The summed E-state index contributed by atoms with van der Waals surface area (Å²) in [6, 6.07) is 0. The van der Waals surface area contributed by atoms with Crippen LogP contribution in [0.2, 0.25) is 0 Å². The molecule has 1 unspecified atom stereocenters. The highest BCUT2D eigenvalue weighted by atomic mass is 16.5. The molecule has 1 fully saturated rings. The average Bonchev–Trinajstić information content (AvgIpc) is 1.84. The molecule has 0 amide bonds. The van der Waals surface area contributed by atoms with E-state index in [1.165, 1.54) is 19.3 Å². The summed E-state index contributed by atoms with van der Waals surface area (Å²) in [4.78, 5) is 0. The first-order chi connectivity index (χ1) is 5.13. The largest absolute Gasteiger partial charge is 0.381 e. The standard InChI is InChI=1S/C10H20O/c1-8(2)10(6-5-7-10)9(3)11-4/h8-9H,5-7H2,1-4H3. The van der Waals surface area contributed by atoms with E-state index in [-0.39, 0.29) is 0 Å². The van der Waals surface area contributed by atoms with E-state index in [1.54, 1.807) is 0 Å². The summed E-state index contributed by atoms with van der Waals surface area (Å²) >= 11 is 0. The van der Waals surface area contributed by atoms with Gasteiger partial charge in [0.25, 0.3) is 0 Å². The molecule has 1 saturated carbocycles. The second-order valence-electron chi connectivity index (χ2n) is 4.12. The molecule has 0 aromatic heterocycles. The predicted molar refractivity (Wildman–Crippen MR) is 47.6 cm³/mol. The maximum atomic E-state index is 5.42. The van der Waals surface area contributed by atoms with Crippen molar-refractivity contribution in [3.05, 3.63) is 0 Å². The van der Waals surface area contributed by atoms with E-state index in [4.69, 9.17) is 4.74 Å². The van der Waals surface area contributed by atoms with Crippen LogP contribution in [-0.4, -0.2) is 13.2 Å².